The highest BCUT2D eigenvalue weighted by Gasteiger charge is 2.49. The zero-order valence-corrected chi connectivity index (χ0v) is 20.1. The molecule has 4 heteroatoms. The van der Waals surface area contributed by atoms with Gasteiger partial charge in [0.1, 0.15) is 5.41 Å². The highest BCUT2D eigenvalue weighted by molar-refractivity contribution is 5.91. The standard InChI is InChI=1S/C29H41N3O/c30-28(33)29(24-13-7-5-8-14-24,25-15-9-6-10-16-25)26-19-22-32(23-26)21-12-4-2-1-3-11-20-31-27-17-18-27/h5-10,13-16,26-27,31H,1-4,11-12,17-23H2,(H2,30,33)/t26-/m0/s1. The van der Waals surface area contributed by atoms with Gasteiger partial charge in [-0.15, -0.1) is 0 Å². The Balaban J connectivity index is 1.30. The average molecular weight is 448 g/mol. The number of unbranched alkanes of at least 4 members (excludes halogenated alkanes) is 5. The van der Waals surface area contributed by atoms with Gasteiger partial charge >= 0.3 is 0 Å². The van der Waals surface area contributed by atoms with Crippen LogP contribution >= 0.6 is 0 Å². The van der Waals surface area contributed by atoms with Crippen LogP contribution in [0.1, 0.15) is 68.9 Å². The van der Waals surface area contributed by atoms with Crippen LogP contribution in [0.3, 0.4) is 0 Å². The summed E-state index contributed by atoms with van der Waals surface area (Å²) >= 11 is 0. The van der Waals surface area contributed by atoms with E-state index >= 15 is 0 Å². The SMILES string of the molecule is NC(=O)C(c1ccccc1)(c1ccccc1)[C@H]1CCN(CCCCCCCCNC2CC2)C1. The molecule has 2 aromatic rings. The summed E-state index contributed by atoms with van der Waals surface area (Å²) in [5.41, 5.74) is 7.48. The first-order valence-corrected chi connectivity index (χ1v) is 13.1. The first-order chi connectivity index (χ1) is 16.2. The third kappa shape index (κ3) is 6.04. The monoisotopic (exact) mass is 447 g/mol. The minimum Gasteiger partial charge on any atom is -0.369 e. The molecule has 0 radical (unpaired) electrons. The van der Waals surface area contributed by atoms with Crippen LogP contribution in [0.15, 0.2) is 60.7 Å². The Morgan fingerprint density at radius 3 is 2.00 bits per heavy atom. The van der Waals surface area contributed by atoms with Crippen molar-refractivity contribution in [1.29, 1.82) is 0 Å². The third-order valence-corrected chi connectivity index (χ3v) is 7.64. The summed E-state index contributed by atoms with van der Waals surface area (Å²) in [4.78, 5) is 15.7. The molecule has 1 saturated heterocycles. The van der Waals surface area contributed by atoms with E-state index in [0.717, 1.165) is 43.2 Å². The lowest BCUT2D eigenvalue weighted by atomic mass is 9.64. The van der Waals surface area contributed by atoms with Gasteiger partial charge in [-0.2, -0.15) is 0 Å². The van der Waals surface area contributed by atoms with Gasteiger partial charge in [0.2, 0.25) is 5.91 Å². The van der Waals surface area contributed by atoms with Gasteiger partial charge in [-0.25, -0.2) is 0 Å². The number of nitrogens with two attached hydrogens (primary N) is 1. The largest absolute Gasteiger partial charge is 0.369 e. The smallest absolute Gasteiger partial charge is 0.232 e. The molecule has 3 N–H and O–H groups in total. The van der Waals surface area contributed by atoms with Crippen molar-refractivity contribution in [2.75, 3.05) is 26.2 Å². The number of rotatable bonds is 14. The lowest BCUT2D eigenvalue weighted by Crippen LogP contribution is -2.49. The number of nitrogens with zero attached hydrogens (tertiary/aromatic N) is 1. The number of carbonyl (C=O) groups is 1. The summed E-state index contributed by atoms with van der Waals surface area (Å²) in [6.45, 7) is 4.30. The van der Waals surface area contributed by atoms with E-state index in [-0.39, 0.29) is 11.8 Å². The molecule has 1 amide bonds. The molecule has 1 aliphatic carbocycles. The summed E-state index contributed by atoms with van der Waals surface area (Å²) in [5.74, 6) is -0.0401. The van der Waals surface area contributed by atoms with Crippen molar-refractivity contribution >= 4 is 5.91 Å². The first-order valence-electron chi connectivity index (χ1n) is 13.1. The topological polar surface area (TPSA) is 58.4 Å². The maximum absolute atomic E-state index is 13.2. The van der Waals surface area contributed by atoms with Crippen LogP contribution in [0.25, 0.3) is 0 Å². The van der Waals surface area contributed by atoms with Crippen LogP contribution < -0.4 is 11.1 Å². The quantitative estimate of drug-likeness (QED) is 0.406. The molecule has 1 atom stereocenters. The van der Waals surface area contributed by atoms with E-state index < -0.39 is 5.41 Å². The van der Waals surface area contributed by atoms with Gasteiger partial charge in [0.25, 0.3) is 0 Å². The molecular weight excluding hydrogens is 406 g/mol. The number of carbonyl (C=O) groups excluding carboxylic acids is 1. The molecule has 0 aromatic heterocycles. The van der Waals surface area contributed by atoms with Gasteiger partial charge in [-0.1, -0.05) is 86.3 Å². The normalized spacial score (nSPS) is 19.1. The minimum absolute atomic E-state index is 0.193. The number of hydrogen-bond donors (Lipinski definition) is 2. The van der Waals surface area contributed by atoms with Crippen molar-refractivity contribution in [2.45, 2.75) is 69.2 Å². The minimum atomic E-state index is -0.772. The number of likely N-dealkylation sites (tertiary alicyclic amines) is 1. The molecule has 4 rings (SSSR count). The lowest BCUT2D eigenvalue weighted by Gasteiger charge is -2.37. The van der Waals surface area contributed by atoms with E-state index in [0.29, 0.717) is 0 Å². The Morgan fingerprint density at radius 1 is 0.848 bits per heavy atom. The number of benzene rings is 2. The lowest BCUT2D eigenvalue weighted by molar-refractivity contribution is -0.123. The van der Waals surface area contributed by atoms with Crippen LogP contribution in [0.4, 0.5) is 0 Å². The van der Waals surface area contributed by atoms with Crippen molar-refractivity contribution in [3.05, 3.63) is 71.8 Å². The predicted octanol–water partition coefficient (Wildman–Crippen LogP) is 4.87. The fourth-order valence-corrected chi connectivity index (χ4v) is 5.68. The molecule has 1 saturated carbocycles. The predicted molar refractivity (Wildman–Crippen MR) is 136 cm³/mol. The molecule has 1 aliphatic heterocycles. The van der Waals surface area contributed by atoms with Gasteiger partial charge in [0.15, 0.2) is 0 Å². The van der Waals surface area contributed by atoms with Gasteiger partial charge in [0.05, 0.1) is 0 Å². The van der Waals surface area contributed by atoms with Crippen LogP contribution in [0, 0.1) is 5.92 Å². The van der Waals surface area contributed by atoms with Crippen molar-refractivity contribution < 1.29 is 4.79 Å². The Hall–Kier alpha value is -2.17. The van der Waals surface area contributed by atoms with Crippen LogP contribution in [0.5, 0.6) is 0 Å². The Labute approximate surface area is 199 Å². The molecule has 4 nitrogen and oxygen atoms in total. The van der Waals surface area contributed by atoms with Crippen molar-refractivity contribution in [1.82, 2.24) is 10.2 Å². The van der Waals surface area contributed by atoms with Crippen LogP contribution in [-0.4, -0.2) is 43.0 Å². The highest BCUT2D eigenvalue weighted by atomic mass is 16.1. The molecule has 33 heavy (non-hydrogen) atoms. The molecule has 0 unspecified atom stereocenters. The van der Waals surface area contributed by atoms with E-state index in [1.807, 2.05) is 36.4 Å². The zero-order valence-electron chi connectivity index (χ0n) is 20.1. The number of hydrogen-bond acceptors (Lipinski definition) is 3. The second-order valence-corrected chi connectivity index (χ2v) is 10.0. The van der Waals surface area contributed by atoms with E-state index in [1.54, 1.807) is 0 Å². The first kappa shape index (κ1) is 24.0. The highest BCUT2D eigenvalue weighted by Crippen LogP contribution is 2.43. The van der Waals surface area contributed by atoms with E-state index in [1.165, 1.54) is 57.9 Å². The summed E-state index contributed by atoms with van der Waals surface area (Å²) in [6.07, 6.45) is 11.7. The third-order valence-electron chi connectivity index (χ3n) is 7.64. The summed E-state index contributed by atoms with van der Waals surface area (Å²) in [6, 6.07) is 21.2. The van der Waals surface area contributed by atoms with Crippen LogP contribution in [-0.2, 0) is 10.2 Å². The van der Waals surface area contributed by atoms with Gasteiger partial charge < -0.3 is 16.0 Å². The fraction of sp³-hybridized carbons (Fsp3) is 0.552. The molecule has 2 aromatic carbocycles. The number of nitrogens with one attached hydrogen (secondary N) is 1. The number of amides is 1. The molecule has 1 heterocycles. The molecule has 2 fully saturated rings. The molecule has 2 aliphatic rings. The van der Waals surface area contributed by atoms with Crippen molar-refractivity contribution in [3.8, 4) is 0 Å². The van der Waals surface area contributed by atoms with Gasteiger partial charge in [-0.05, 0) is 68.8 Å². The summed E-state index contributed by atoms with van der Waals surface area (Å²) in [5, 5.41) is 3.60. The van der Waals surface area contributed by atoms with E-state index in [4.69, 9.17) is 5.73 Å². The maximum atomic E-state index is 13.2. The number of primary amides is 1. The molecule has 0 spiro atoms. The summed E-state index contributed by atoms with van der Waals surface area (Å²) in [7, 11) is 0. The second kappa shape index (κ2) is 11.8. The fourth-order valence-electron chi connectivity index (χ4n) is 5.68. The van der Waals surface area contributed by atoms with Crippen LogP contribution in [0.2, 0.25) is 0 Å². The van der Waals surface area contributed by atoms with Gasteiger partial charge in [0, 0.05) is 12.6 Å². The Kier molecular flexibility index (Phi) is 8.57. The molecule has 0 bridgehead atoms. The Morgan fingerprint density at radius 2 is 1.42 bits per heavy atom. The average Bonchev–Trinajstić information content (AvgIpc) is 3.55. The van der Waals surface area contributed by atoms with E-state index in [2.05, 4.69) is 34.5 Å². The molecular formula is C29H41N3O. The van der Waals surface area contributed by atoms with Crippen molar-refractivity contribution in [2.24, 2.45) is 11.7 Å². The van der Waals surface area contributed by atoms with Crippen molar-refractivity contribution in [3.63, 3.8) is 0 Å². The zero-order chi connectivity index (χ0) is 22.9. The van der Waals surface area contributed by atoms with E-state index in [9.17, 15) is 4.79 Å². The molecule has 178 valence electrons. The summed E-state index contributed by atoms with van der Waals surface area (Å²) < 4.78 is 0. The Bertz CT molecular complexity index is 810. The second-order valence-electron chi connectivity index (χ2n) is 10.0. The van der Waals surface area contributed by atoms with Gasteiger partial charge in [-0.3, -0.25) is 4.79 Å². The maximum Gasteiger partial charge on any atom is 0.232 e.